The van der Waals surface area contributed by atoms with Gasteiger partial charge < -0.3 is 5.11 Å². The van der Waals surface area contributed by atoms with Gasteiger partial charge in [-0.3, -0.25) is 4.48 Å². The lowest BCUT2D eigenvalue weighted by Crippen LogP contribution is -2.57. The summed E-state index contributed by atoms with van der Waals surface area (Å²) in [6, 6.07) is 0. The van der Waals surface area contributed by atoms with Crippen LogP contribution in [0.15, 0.2) is 17.1 Å². The molecule has 1 N–H and O–H groups in total. The summed E-state index contributed by atoms with van der Waals surface area (Å²) in [4.78, 5) is 4.64. The number of aliphatic imine (C=N–C) groups is 1. The quantitative estimate of drug-likeness (QED) is 0.317. The second-order valence-electron chi connectivity index (χ2n) is 6.65. The van der Waals surface area contributed by atoms with Crippen LogP contribution in [0, 0.1) is 0 Å². The third kappa shape index (κ3) is 5.85. The molecule has 0 saturated heterocycles. The number of unbranched alkanes of at least 4 members (excludes halogenated alkanes) is 6. The Hall–Kier alpha value is -0.670. The van der Waals surface area contributed by atoms with Crippen molar-refractivity contribution in [2.24, 2.45) is 4.99 Å². The van der Waals surface area contributed by atoms with Gasteiger partial charge in [0.1, 0.15) is 6.54 Å². The van der Waals surface area contributed by atoms with Crippen LogP contribution in [0.5, 0.6) is 0 Å². The van der Waals surface area contributed by atoms with E-state index in [1.165, 1.54) is 51.4 Å². The molecule has 0 radical (unpaired) electrons. The smallest absolute Gasteiger partial charge is 0.189 e. The monoisotopic (exact) mass is 309 g/mol. The van der Waals surface area contributed by atoms with E-state index in [9.17, 15) is 5.11 Å². The molecule has 1 aliphatic heterocycles. The van der Waals surface area contributed by atoms with Crippen molar-refractivity contribution in [2.75, 3.05) is 13.1 Å². The molecule has 0 saturated carbocycles. The van der Waals surface area contributed by atoms with Crippen molar-refractivity contribution in [3.8, 4) is 0 Å². The summed E-state index contributed by atoms with van der Waals surface area (Å²) < 4.78 is 0.738. The summed E-state index contributed by atoms with van der Waals surface area (Å²) in [7, 11) is 0. The third-order valence-corrected chi connectivity index (χ3v) is 5.08. The molecule has 3 nitrogen and oxygen atoms in total. The van der Waals surface area contributed by atoms with Gasteiger partial charge in [-0.15, -0.1) is 0 Å². The topological polar surface area (TPSA) is 32.6 Å². The van der Waals surface area contributed by atoms with E-state index >= 15 is 0 Å². The van der Waals surface area contributed by atoms with Crippen LogP contribution in [0.4, 0.5) is 0 Å². The zero-order valence-electron chi connectivity index (χ0n) is 15.0. The minimum Gasteiger partial charge on any atom is -0.345 e. The van der Waals surface area contributed by atoms with Crippen LogP contribution in [-0.2, 0) is 0 Å². The SMILES string of the molecule is CCC/C=C/CCCCCCCC1N=CC[N+]1(CC)C(C)O. The maximum atomic E-state index is 10.1. The second-order valence-corrected chi connectivity index (χ2v) is 6.65. The average Bonchev–Trinajstić information content (AvgIpc) is 2.93. The summed E-state index contributed by atoms with van der Waals surface area (Å²) in [5.41, 5.74) is 0. The highest BCUT2D eigenvalue weighted by molar-refractivity contribution is 5.60. The van der Waals surface area contributed by atoms with Gasteiger partial charge in [0.05, 0.1) is 12.8 Å². The molecule has 0 aromatic carbocycles. The van der Waals surface area contributed by atoms with Gasteiger partial charge in [0.2, 0.25) is 0 Å². The highest BCUT2D eigenvalue weighted by Crippen LogP contribution is 2.26. The van der Waals surface area contributed by atoms with E-state index in [2.05, 4.69) is 31.0 Å². The molecule has 1 rings (SSSR count). The van der Waals surface area contributed by atoms with E-state index in [0.717, 1.165) is 24.0 Å². The Kier molecular flexibility index (Phi) is 9.65. The van der Waals surface area contributed by atoms with Crippen molar-refractivity contribution in [3.05, 3.63) is 12.2 Å². The molecular weight excluding hydrogens is 272 g/mol. The Morgan fingerprint density at radius 2 is 1.82 bits per heavy atom. The summed E-state index contributed by atoms with van der Waals surface area (Å²) in [5.74, 6) is 0. The zero-order valence-corrected chi connectivity index (χ0v) is 15.0. The molecule has 0 bridgehead atoms. The van der Waals surface area contributed by atoms with E-state index in [1.807, 2.05) is 13.1 Å². The predicted molar refractivity (Wildman–Crippen MR) is 96.0 cm³/mol. The molecule has 22 heavy (non-hydrogen) atoms. The van der Waals surface area contributed by atoms with Crippen molar-refractivity contribution >= 4 is 6.21 Å². The number of aliphatic hydroxyl groups excluding tert-OH is 1. The lowest BCUT2D eigenvalue weighted by molar-refractivity contribution is -0.976. The maximum Gasteiger partial charge on any atom is 0.189 e. The van der Waals surface area contributed by atoms with Crippen LogP contribution in [0.3, 0.4) is 0 Å². The zero-order chi connectivity index (χ0) is 16.3. The van der Waals surface area contributed by atoms with Gasteiger partial charge in [0.15, 0.2) is 12.4 Å². The van der Waals surface area contributed by atoms with Gasteiger partial charge in [-0.05, 0) is 32.6 Å². The lowest BCUT2D eigenvalue weighted by Gasteiger charge is -2.40. The number of hydrogen-bond donors (Lipinski definition) is 1. The van der Waals surface area contributed by atoms with E-state index in [-0.39, 0.29) is 12.4 Å². The molecule has 3 heteroatoms. The van der Waals surface area contributed by atoms with Gasteiger partial charge in [-0.25, -0.2) is 4.99 Å². The van der Waals surface area contributed by atoms with Crippen molar-refractivity contribution in [1.82, 2.24) is 0 Å². The first kappa shape index (κ1) is 19.4. The minimum atomic E-state index is -0.313. The fourth-order valence-corrected chi connectivity index (χ4v) is 3.43. The van der Waals surface area contributed by atoms with Gasteiger partial charge in [0, 0.05) is 13.3 Å². The highest BCUT2D eigenvalue weighted by Gasteiger charge is 2.41. The normalized spacial score (nSPS) is 26.1. The fraction of sp³-hybridized carbons (Fsp3) is 0.842. The molecule has 3 atom stereocenters. The predicted octanol–water partition coefficient (Wildman–Crippen LogP) is 4.66. The number of hydrogen-bond acceptors (Lipinski definition) is 2. The number of nitrogens with zero attached hydrogens (tertiary/aromatic N) is 2. The van der Waals surface area contributed by atoms with Crippen LogP contribution >= 0.6 is 0 Å². The number of allylic oxidation sites excluding steroid dienone is 2. The van der Waals surface area contributed by atoms with Crippen molar-refractivity contribution in [2.45, 2.75) is 91.0 Å². The second kappa shape index (κ2) is 11.0. The Morgan fingerprint density at radius 3 is 2.50 bits per heavy atom. The standard InChI is InChI=1S/C19H37N2O/c1-4-6-7-8-9-10-11-12-13-14-15-19-20-16-17-21(19,5-2)18(3)22/h7-8,16,18-19,22H,4-6,9-15,17H2,1-3H3/q+1/b8-7+. The molecule has 0 aromatic heterocycles. The molecule has 1 heterocycles. The minimum absolute atomic E-state index is 0.280. The molecule has 0 spiro atoms. The molecule has 0 aromatic rings. The van der Waals surface area contributed by atoms with Crippen molar-refractivity contribution in [3.63, 3.8) is 0 Å². The molecular formula is C19H37N2O+. The molecule has 0 aliphatic carbocycles. The van der Waals surface area contributed by atoms with Gasteiger partial charge >= 0.3 is 0 Å². The van der Waals surface area contributed by atoms with Gasteiger partial charge in [-0.1, -0.05) is 44.8 Å². The first-order valence-electron chi connectivity index (χ1n) is 9.38. The Balaban J connectivity index is 2.10. The van der Waals surface area contributed by atoms with Gasteiger partial charge in [0.25, 0.3) is 0 Å². The van der Waals surface area contributed by atoms with Crippen LogP contribution in [-0.4, -0.2) is 41.3 Å². The number of aliphatic hydroxyl groups is 1. The highest BCUT2D eigenvalue weighted by atomic mass is 16.3. The summed E-state index contributed by atoms with van der Waals surface area (Å²) in [6.45, 7) is 8.16. The first-order valence-corrected chi connectivity index (χ1v) is 9.38. The van der Waals surface area contributed by atoms with Crippen LogP contribution in [0.2, 0.25) is 0 Å². The van der Waals surface area contributed by atoms with E-state index in [1.54, 1.807) is 0 Å². The molecule has 0 fully saturated rings. The largest absolute Gasteiger partial charge is 0.345 e. The first-order chi connectivity index (χ1) is 10.7. The summed E-state index contributed by atoms with van der Waals surface area (Å²) in [5, 5.41) is 10.1. The van der Waals surface area contributed by atoms with Crippen LogP contribution in [0.1, 0.15) is 78.6 Å². The molecule has 1 aliphatic rings. The van der Waals surface area contributed by atoms with Crippen molar-refractivity contribution in [1.29, 1.82) is 0 Å². The number of rotatable bonds is 12. The Bertz CT molecular complexity index is 338. The van der Waals surface area contributed by atoms with E-state index in [4.69, 9.17) is 0 Å². The Morgan fingerprint density at radius 1 is 1.14 bits per heavy atom. The van der Waals surface area contributed by atoms with Crippen molar-refractivity contribution < 1.29 is 9.59 Å². The fourth-order valence-electron chi connectivity index (χ4n) is 3.43. The summed E-state index contributed by atoms with van der Waals surface area (Å²) in [6.07, 6.45) is 18.0. The Labute approximate surface area is 137 Å². The third-order valence-electron chi connectivity index (χ3n) is 5.08. The van der Waals surface area contributed by atoms with E-state index < -0.39 is 0 Å². The molecule has 0 amide bonds. The van der Waals surface area contributed by atoms with Crippen LogP contribution < -0.4 is 0 Å². The number of quaternary nitrogens is 1. The molecule has 128 valence electrons. The average molecular weight is 310 g/mol. The lowest BCUT2D eigenvalue weighted by atomic mass is 10.1. The maximum absolute atomic E-state index is 10.1. The molecule has 3 unspecified atom stereocenters. The summed E-state index contributed by atoms with van der Waals surface area (Å²) >= 11 is 0. The van der Waals surface area contributed by atoms with Gasteiger partial charge in [-0.2, -0.15) is 0 Å². The van der Waals surface area contributed by atoms with E-state index in [0.29, 0.717) is 0 Å². The van der Waals surface area contributed by atoms with Crippen LogP contribution in [0.25, 0.3) is 0 Å².